The predicted molar refractivity (Wildman–Crippen MR) is 34.2 cm³/mol. The molecule has 0 radical (unpaired) electrons. The van der Waals surface area contributed by atoms with E-state index in [1.54, 1.807) is 6.92 Å². The molecule has 1 nitrogen and oxygen atoms in total. The Balaban J connectivity index is 2.49. The van der Waals surface area contributed by atoms with Crippen LogP contribution in [-0.2, 0) is 0 Å². The molecular weight excluding hydrogens is 138 g/mol. The number of halogens is 2. The van der Waals surface area contributed by atoms with E-state index in [1.807, 2.05) is 0 Å². The fourth-order valence-corrected chi connectivity index (χ4v) is 1.37. The standard InChI is InChI=1S/C7H12F2O/c1-4-2-5(8)7(10)6(9)3-4/h4-7,10H,2-3H2,1H3. The molecular formula is C7H12F2O. The zero-order chi connectivity index (χ0) is 7.72. The molecule has 1 N–H and O–H groups in total. The van der Waals surface area contributed by atoms with Crippen LogP contribution in [0.1, 0.15) is 19.8 Å². The van der Waals surface area contributed by atoms with Crippen LogP contribution in [0.15, 0.2) is 0 Å². The predicted octanol–water partition coefficient (Wildman–Crippen LogP) is 1.45. The second-order valence-electron chi connectivity index (χ2n) is 3.10. The Labute approximate surface area is 59.0 Å². The zero-order valence-corrected chi connectivity index (χ0v) is 5.93. The van der Waals surface area contributed by atoms with Crippen molar-refractivity contribution in [2.45, 2.75) is 38.2 Å². The van der Waals surface area contributed by atoms with Crippen LogP contribution in [0.2, 0.25) is 0 Å². The molecule has 1 aliphatic carbocycles. The molecule has 1 fully saturated rings. The maximum absolute atomic E-state index is 12.6. The second-order valence-corrected chi connectivity index (χ2v) is 3.10. The van der Waals surface area contributed by atoms with Gasteiger partial charge in [0.2, 0.25) is 0 Å². The lowest BCUT2D eigenvalue weighted by atomic mass is 9.86. The highest BCUT2D eigenvalue weighted by Crippen LogP contribution is 2.28. The molecule has 0 heterocycles. The molecule has 2 atom stereocenters. The molecule has 1 aliphatic rings. The Bertz CT molecular complexity index is 106. The van der Waals surface area contributed by atoms with Crippen LogP contribution in [0, 0.1) is 5.92 Å². The molecule has 3 heteroatoms. The molecule has 0 amide bonds. The molecule has 0 saturated heterocycles. The molecule has 2 unspecified atom stereocenters. The van der Waals surface area contributed by atoms with Crippen molar-refractivity contribution < 1.29 is 13.9 Å². The van der Waals surface area contributed by atoms with Crippen LogP contribution in [0.4, 0.5) is 8.78 Å². The highest BCUT2D eigenvalue weighted by Gasteiger charge is 2.35. The average molecular weight is 150 g/mol. The Morgan fingerprint density at radius 1 is 1.20 bits per heavy atom. The third kappa shape index (κ3) is 1.45. The van der Waals surface area contributed by atoms with E-state index in [0.29, 0.717) is 12.8 Å². The summed E-state index contributed by atoms with van der Waals surface area (Å²) in [5.74, 6) is 0.0633. The van der Waals surface area contributed by atoms with Crippen LogP contribution in [0.5, 0.6) is 0 Å². The third-order valence-corrected chi connectivity index (χ3v) is 2.00. The number of hydrogen-bond acceptors (Lipinski definition) is 1. The van der Waals surface area contributed by atoms with Crippen LogP contribution in [0.3, 0.4) is 0 Å². The first-order valence-electron chi connectivity index (χ1n) is 3.57. The van der Waals surface area contributed by atoms with Gasteiger partial charge in [0.15, 0.2) is 0 Å². The van der Waals surface area contributed by atoms with E-state index in [4.69, 9.17) is 5.11 Å². The summed E-state index contributed by atoms with van der Waals surface area (Å²) in [5, 5.41) is 8.81. The van der Waals surface area contributed by atoms with Gasteiger partial charge in [-0.25, -0.2) is 8.78 Å². The minimum atomic E-state index is -1.38. The highest BCUT2D eigenvalue weighted by atomic mass is 19.1. The van der Waals surface area contributed by atoms with Gasteiger partial charge in [-0.1, -0.05) is 6.92 Å². The van der Waals surface area contributed by atoms with E-state index >= 15 is 0 Å². The van der Waals surface area contributed by atoms with Gasteiger partial charge in [0.05, 0.1) is 0 Å². The maximum Gasteiger partial charge on any atom is 0.129 e. The zero-order valence-electron chi connectivity index (χ0n) is 5.93. The quantitative estimate of drug-likeness (QED) is 0.554. The normalized spacial score (nSPS) is 49.2. The minimum absolute atomic E-state index is 0.0633. The number of alkyl halides is 2. The SMILES string of the molecule is CC1CC(F)C(O)C(F)C1. The third-order valence-electron chi connectivity index (χ3n) is 2.00. The van der Waals surface area contributed by atoms with Crippen molar-refractivity contribution in [2.24, 2.45) is 5.92 Å². The molecule has 1 rings (SSSR count). The van der Waals surface area contributed by atoms with Crippen molar-refractivity contribution in [3.63, 3.8) is 0 Å². The minimum Gasteiger partial charge on any atom is -0.387 e. The summed E-state index contributed by atoms with van der Waals surface area (Å²) in [6.45, 7) is 1.80. The molecule has 10 heavy (non-hydrogen) atoms. The summed E-state index contributed by atoms with van der Waals surface area (Å²) in [4.78, 5) is 0. The van der Waals surface area contributed by atoms with Crippen molar-refractivity contribution in [3.8, 4) is 0 Å². The number of rotatable bonds is 0. The van der Waals surface area contributed by atoms with E-state index in [9.17, 15) is 8.78 Å². The summed E-state index contributed by atoms with van der Waals surface area (Å²) in [5.41, 5.74) is 0. The van der Waals surface area contributed by atoms with Crippen molar-refractivity contribution in [2.75, 3.05) is 0 Å². The Morgan fingerprint density at radius 2 is 1.60 bits per heavy atom. The van der Waals surface area contributed by atoms with Crippen LogP contribution in [-0.4, -0.2) is 23.6 Å². The summed E-state index contributed by atoms with van der Waals surface area (Å²) in [6, 6.07) is 0. The average Bonchev–Trinajstić information content (AvgIpc) is 1.82. The van der Waals surface area contributed by atoms with E-state index in [1.165, 1.54) is 0 Å². The van der Waals surface area contributed by atoms with Crippen LogP contribution < -0.4 is 0 Å². The van der Waals surface area contributed by atoms with Gasteiger partial charge in [-0.2, -0.15) is 0 Å². The van der Waals surface area contributed by atoms with Crippen molar-refractivity contribution in [3.05, 3.63) is 0 Å². The van der Waals surface area contributed by atoms with E-state index in [0.717, 1.165) is 0 Å². The largest absolute Gasteiger partial charge is 0.387 e. The molecule has 1 saturated carbocycles. The summed E-state index contributed by atoms with van der Waals surface area (Å²) in [7, 11) is 0. The fraction of sp³-hybridized carbons (Fsp3) is 1.00. The summed E-state index contributed by atoms with van der Waals surface area (Å²) in [6.07, 6.45) is -3.52. The van der Waals surface area contributed by atoms with Gasteiger partial charge >= 0.3 is 0 Å². The van der Waals surface area contributed by atoms with E-state index in [2.05, 4.69) is 0 Å². The number of aliphatic hydroxyl groups is 1. The van der Waals surface area contributed by atoms with E-state index in [-0.39, 0.29) is 5.92 Å². The van der Waals surface area contributed by atoms with Gasteiger partial charge in [0, 0.05) is 0 Å². The maximum atomic E-state index is 12.6. The molecule has 0 aromatic rings. The van der Waals surface area contributed by atoms with Gasteiger partial charge in [0.25, 0.3) is 0 Å². The first-order chi connectivity index (χ1) is 4.61. The lowest BCUT2D eigenvalue weighted by Crippen LogP contribution is -2.39. The molecule has 0 aromatic heterocycles. The summed E-state index contributed by atoms with van der Waals surface area (Å²) < 4.78 is 25.2. The first-order valence-corrected chi connectivity index (χ1v) is 3.57. The topological polar surface area (TPSA) is 20.2 Å². The lowest BCUT2D eigenvalue weighted by molar-refractivity contribution is -0.0324. The molecule has 0 aromatic carbocycles. The van der Waals surface area contributed by atoms with E-state index < -0.39 is 18.4 Å². The lowest BCUT2D eigenvalue weighted by Gasteiger charge is -2.29. The Kier molecular flexibility index (Phi) is 2.24. The van der Waals surface area contributed by atoms with Crippen molar-refractivity contribution >= 4 is 0 Å². The van der Waals surface area contributed by atoms with Gasteiger partial charge in [-0.05, 0) is 18.8 Å². The summed E-state index contributed by atoms with van der Waals surface area (Å²) >= 11 is 0. The first kappa shape index (κ1) is 7.92. The second kappa shape index (κ2) is 2.82. The fourth-order valence-electron chi connectivity index (χ4n) is 1.37. The van der Waals surface area contributed by atoms with Crippen LogP contribution >= 0.6 is 0 Å². The van der Waals surface area contributed by atoms with Gasteiger partial charge in [-0.3, -0.25) is 0 Å². The van der Waals surface area contributed by atoms with Crippen molar-refractivity contribution in [1.29, 1.82) is 0 Å². The molecule has 0 spiro atoms. The smallest absolute Gasteiger partial charge is 0.129 e. The number of aliphatic hydroxyl groups excluding tert-OH is 1. The van der Waals surface area contributed by atoms with Gasteiger partial charge in [0.1, 0.15) is 18.4 Å². The Morgan fingerprint density at radius 3 is 2.00 bits per heavy atom. The molecule has 0 bridgehead atoms. The van der Waals surface area contributed by atoms with Gasteiger partial charge in [-0.15, -0.1) is 0 Å². The monoisotopic (exact) mass is 150 g/mol. The number of hydrogen-bond donors (Lipinski definition) is 1. The van der Waals surface area contributed by atoms with Gasteiger partial charge < -0.3 is 5.11 Å². The molecule has 0 aliphatic heterocycles. The highest BCUT2D eigenvalue weighted by molar-refractivity contribution is 4.84. The van der Waals surface area contributed by atoms with Crippen LogP contribution in [0.25, 0.3) is 0 Å². The van der Waals surface area contributed by atoms with Crippen molar-refractivity contribution in [1.82, 2.24) is 0 Å². The molecule has 60 valence electrons. The Hall–Kier alpha value is -0.180.